The average Bonchev–Trinajstić information content (AvgIpc) is 2.08. The van der Waals surface area contributed by atoms with E-state index in [9.17, 15) is 13.0 Å². The molecule has 1 rings (SSSR count). The molecule has 0 aliphatic carbocycles. The van der Waals surface area contributed by atoms with Gasteiger partial charge in [0.1, 0.15) is 0 Å². The third-order valence-electron chi connectivity index (χ3n) is 0.947. The maximum Gasteiger partial charge on any atom is 1.00 e. The van der Waals surface area contributed by atoms with Gasteiger partial charge in [-0.3, -0.25) is 9.30 Å². The second-order valence-electron chi connectivity index (χ2n) is 1.59. The predicted molar refractivity (Wildman–Crippen MR) is 29.8 cm³/mol. The van der Waals surface area contributed by atoms with Crippen molar-refractivity contribution in [1.82, 2.24) is 4.31 Å². The Balaban J connectivity index is 0.000000810. The molecule has 0 unspecified atom stereocenters. The number of aliphatic imine (C=N–C) groups is 1. The van der Waals surface area contributed by atoms with Gasteiger partial charge in [-0.15, -0.1) is 0 Å². The van der Waals surface area contributed by atoms with E-state index in [4.69, 9.17) is 0 Å². The van der Waals surface area contributed by atoms with Gasteiger partial charge >= 0.3 is 29.6 Å². The molecule has 0 saturated heterocycles. The van der Waals surface area contributed by atoms with E-state index in [2.05, 4.69) is 4.99 Å². The van der Waals surface area contributed by atoms with Gasteiger partial charge in [-0.25, -0.2) is 8.42 Å². The second-order valence-corrected chi connectivity index (χ2v) is 2.91. The van der Waals surface area contributed by atoms with E-state index in [1.807, 2.05) is 0 Å². The largest absolute Gasteiger partial charge is 1.00 e. The summed E-state index contributed by atoms with van der Waals surface area (Å²) in [6, 6.07) is 0. The van der Waals surface area contributed by atoms with E-state index in [0.717, 1.165) is 6.34 Å². The number of rotatable bonds is 1. The Labute approximate surface area is 81.3 Å². The third kappa shape index (κ3) is 2.55. The van der Waals surface area contributed by atoms with Crippen LogP contribution >= 0.6 is 0 Å². The summed E-state index contributed by atoms with van der Waals surface area (Å²) >= 11 is 0. The Morgan fingerprint density at radius 2 is 2.20 bits per heavy atom. The van der Waals surface area contributed by atoms with Gasteiger partial charge in [0, 0.05) is 0 Å². The first kappa shape index (κ1) is 10.4. The monoisotopic (exact) mass is 172 g/mol. The summed E-state index contributed by atoms with van der Waals surface area (Å²) in [5, 5.41) is 0. The van der Waals surface area contributed by atoms with Gasteiger partial charge in [0.05, 0.1) is 19.4 Å². The molecule has 0 bridgehead atoms. The van der Waals surface area contributed by atoms with Gasteiger partial charge < -0.3 is 4.55 Å². The van der Waals surface area contributed by atoms with Crippen molar-refractivity contribution in [1.29, 1.82) is 0 Å². The molecule has 7 heteroatoms. The molecule has 0 aromatic carbocycles. The van der Waals surface area contributed by atoms with E-state index in [-0.39, 0.29) is 36.1 Å². The van der Waals surface area contributed by atoms with Crippen LogP contribution in [0.4, 0.5) is 0 Å². The first-order chi connectivity index (χ1) is 4.11. The first-order valence-corrected chi connectivity index (χ1v) is 3.70. The fourth-order valence-electron chi connectivity index (χ4n) is 0.532. The Morgan fingerprint density at radius 1 is 1.60 bits per heavy atom. The van der Waals surface area contributed by atoms with E-state index in [0.29, 0.717) is 10.8 Å². The van der Waals surface area contributed by atoms with Crippen molar-refractivity contribution in [2.75, 3.05) is 13.1 Å². The van der Waals surface area contributed by atoms with Crippen molar-refractivity contribution in [2.24, 2.45) is 4.99 Å². The van der Waals surface area contributed by atoms with Crippen LogP contribution in [0.5, 0.6) is 0 Å². The van der Waals surface area contributed by atoms with E-state index in [1.54, 1.807) is 0 Å². The smallest absolute Gasteiger partial charge is 0.731 e. The molecule has 5 nitrogen and oxygen atoms in total. The quantitative estimate of drug-likeness (QED) is 0.297. The number of hydrogen-bond donors (Lipinski definition) is 0. The zero-order valence-corrected chi connectivity index (χ0v) is 8.34. The fraction of sp³-hybridized carbons (Fsp3) is 0.667. The summed E-state index contributed by atoms with van der Waals surface area (Å²) in [5.74, 6) is 0. The summed E-state index contributed by atoms with van der Waals surface area (Å²) in [4.78, 5) is 3.55. The Bertz CT molecular complexity index is 224. The second kappa shape index (κ2) is 3.68. The standard InChI is InChI=1S/C3H6N2O3S.Na/c6-9(7,8)5-2-1-4-3-5;/h3H,1-2H2,(H,6,7,8);/q;+1/p-1. The van der Waals surface area contributed by atoms with Crippen LogP contribution in [0.15, 0.2) is 4.99 Å². The third-order valence-corrected chi connectivity index (χ3v) is 1.80. The van der Waals surface area contributed by atoms with Crippen LogP contribution in [0.3, 0.4) is 0 Å². The molecular formula is C3H5N2NaO3S. The Morgan fingerprint density at radius 3 is 2.40 bits per heavy atom. The van der Waals surface area contributed by atoms with Crippen molar-refractivity contribution >= 4 is 16.6 Å². The van der Waals surface area contributed by atoms with Crippen LogP contribution in [-0.4, -0.2) is 36.7 Å². The van der Waals surface area contributed by atoms with Crippen LogP contribution in [0.2, 0.25) is 0 Å². The molecule has 0 atom stereocenters. The fourth-order valence-corrected chi connectivity index (χ4v) is 1.02. The minimum absolute atomic E-state index is 0. The minimum atomic E-state index is -4.27. The molecule has 0 spiro atoms. The van der Waals surface area contributed by atoms with E-state index < -0.39 is 10.3 Å². The topological polar surface area (TPSA) is 72.8 Å². The molecule has 0 aromatic heterocycles. The molecule has 1 aliphatic heterocycles. The summed E-state index contributed by atoms with van der Waals surface area (Å²) in [6.45, 7) is 0.577. The van der Waals surface area contributed by atoms with Gasteiger partial charge in [0.25, 0.3) is 0 Å². The molecule has 0 aromatic rings. The molecule has 0 radical (unpaired) electrons. The molecular weight excluding hydrogens is 167 g/mol. The van der Waals surface area contributed by atoms with Crippen molar-refractivity contribution in [3.63, 3.8) is 0 Å². The first-order valence-electron chi connectivity index (χ1n) is 2.33. The minimum Gasteiger partial charge on any atom is -0.731 e. The maximum absolute atomic E-state index is 10.1. The predicted octanol–water partition coefficient (Wildman–Crippen LogP) is -4.21. The molecule has 1 heterocycles. The summed E-state index contributed by atoms with van der Waals surface area (Å²) < 4.78 is 31.0. The van der Waals surface area contributed by atoms with Crippen LogP contribution in [0.25, 0.3) is 0 Å². The van der Waals surface area contributed by atoms with Gasteiger partial charge in [0.15, 0.2) is 10.3 Å². The van der Waals surface area contributed by atoms with E-state index in [1.165, 1.54) is 0 Å². The molecule has 1 aliphatic rings. The summed E-state index contributed by atoms with van der Waals surface area (Å²) in [6.07, 6.45) is 1.04. The zero-order valence-electron chi connectivity index (χ0n) is 5.52. The van der Waals surface area contributed by atoms with Gasteiger partial charge in [0.2, 0.25) is 0 Å². The van der Waals surface area contributed by atoms with Crippen molar-refractivity contribution in [2.45, 2.75) is 0 Å². The summed E-state index contributed by atoms with van der Waals surface area (Å²) in [5.41, 5.74) is 0. The van der Waals surface area contributed by atoms with Crippen molar-refractivity contribution in [3.8, 4) is 0 Å². The van der Waals surface area contributed by atoms with Crippen molar-refractivity contribution < 1.29 is 42.5 Å². The van der Waals surface area contributed by atoms with Crippen LogP contribution < -0.4 is 29.6 Å². The molecule has 0 saturated carbocycles. The maximum atomic E-state index is 10.1. The van der Waals surface area contributed by atoms with E-state index >= 15 is 0 Å². The Hall–Kier alpha value is 0.380. The molecule has 0 fully saturated rings. The van der Waals surface area contributed by atoms with Gasteiger partial charge in [-0.2, -0.15) is 0 Å². The van der Waals surface area contributed by atoms with Crippen molar-refractivity contribution in [3.05, 3.63) is 0 Å². The van der Waals surface area contributed by atoms with Crippen LogP contribution in [-0.2, 0) is 10.3 Å². The molecule has 10 heavy (non-hydrogen) atoms. The molecule has 0 amide bonds. The normalized spacial score (nSPS) is 17.1. The average molecular weight is 172 g/mol. The molecule has 0 N–H and O–H groups in total. The number of hydrogen-bond acceptors (Lipinski definition) is 4. The SMILES string of the molecule is O=S(=O)([O-])N1C=NCC1.[Na+]. The van der Waals surface area contributed by atoms with Gasteiger partial charge in [-0.1, -0.05) is 0 Å². The van der Waals surface area contributed by atoms with Crippen LogP contribution in [0, 0.1) is 0 Å². The number of nitrogens with zero attached hydrogens (tertiary/aromatic N) is 2. The summed E-state index contributed by atoms with van der Waals surface area (Å²) in [7, 11) is -4.27. The van der Waals surface area contributed by atoms with Crippen LogP contribution in [0.1, 0.15) is 0 Å². The Kier molecular flexibility index (Phi) is 3.82. The van der Waals surface area contributed by atoms with Gasteiger partial charge in [-0.05, 0) is 0 Å². The zero-order chi connectivity index (χ0) is 6.91. The molecule has 52 valence electrons.